The maximum atomic E-state index is 12.8. The molecule has 0 bridgehead atoms. The number of fused-ring (bicyclic) bond motifs is 1. The van der Waals surface area contributed by atoms with Gasteiger partial charge < -0.3 is 18.4 Å². The number of hydrogen-bond acceptors (Lipinski definition) is 7. The number of para-hydroxylation sites is 1. The average molecular weight is 537 g/mol. The first-order valence-corrected chi connectivity index (χ1v) is 13.7. The largest absolute Gasteiger partial charge is 0.478 e. The van der Waals surface area contributed by atoms with E-state index in [1.165, 1.54) is 5.56 Å². The molecule has 0 saturated heterocycles. The summed E-state index contributed by atoms with van der Waals surface area (Å²) >= 11 is 0. The van der Waals surface area contributed by atoms with Crippen molar-refractivity contribution in [2.75, 3.05) is 0 Å². The van der Waals surface area contributed by atoms with Crippen LogP contribution in [0.25, 0.3) is 11.0 Å². The van der Waals surface area contributed by atoms with E-state index in [9.17, 15) is 23.1 Å². The van der Waals surface area contributed by atoms with Crippen LogP contribution in [0.3, 0.4) is 0 Å². The zero-order valence-corrected chi connectivity index (χ0v) is 21.9. The number of rotatable bonds is 11. The monoisotopic (exact) mass is 536 g/mol. The summed E-state index contributed by atoms with van der Waals surface area (Å²) in [5.74, 6) is -1.40. The first kappa shape index (κ1) is 26.9. The summed E-state index contributed by atoms with van der Waals surface area (Å²) < 4.78 is 41.9. The quantitative estimate of drug-likeness (QED) is 0.142. The number of furan rings is 1. The molecule has 9 heteroatoms. The van der Waals surface area contributed by atoms with Gasteiger partial charge in [-0.25, -0.2) is 4.79 Å². The van der Waals surface area contributed by atoms with E-state index in [1.54, 1.807) is 24.3 Å². The Morgan fingerprint density at radius 3 is 2.37 bits per heavy atom. The van der Waals surface area contributed by atoms with E-state index in [1.807, 2.05) is 18.2 Å². The Labute approximate surface area is 220 Å². The molecule has 0 amide bonds. The fourth-order valence-corrected chi connectivity index (χ4v) is 5.14. The van der Waals surface area contributed by atoms with Crippen molar-refractivity contribution in [1.29, 1.82) is 0 Å². The molecule has 0 fully saturated rings. The molecule has 0 unspecified atom stereocenters. The molecule has 38 heavy (non-hydrogen) atoms. The van der Waals surface area contributed by atoms with Gasteiger partial charge in [0.05, 0.1) is 0 Å². The van der Waals surface area contributed by atoms with E-state index >= 15 is 0 Å². The molecule has 1 heterocycles. The Balaban J connectivity index is 1.48. The van der Waals surface area contributed by atoms with Gasteiger partial charge in [0.2, 0.25) is 0 Å². The van der Waals surface area contributed by atoms with Gasteiger partial charge in [-0.3, -0.25) is 4.79 Å². The number of carbonyl (C=O) groups excluding carboxylic acids is 1. The van der Waals surface area contributed by atoms with Crippen LogP contribution in [0.5, 0.6) is 11.5 Å². The van der Waals surface area contributed by atoms with Crippen molar-refractivity contribution in [2.45, 2.75) is 50.8 Å². The second-order valence-electron chi connectivity index (χ2n) is 8.84. The first-order chi connectivity index (χ1) is 18.2. The Kier molecular flexibility index (Phi) is 8.16. The lowest BCUT2D eigenvalue weighted by atomic mass is 10.00. The van der Waals surface area contributed by atoms with Gasteiger partial charge in [0, 0.05) is 30.4 Å². The highest BCUT2D eigenvalue weighted by Gasteiger charge is 2.22. The summed E-state index contributed by atoms with van der Waals surface area (Å²) in [6.45, 7) is 3.24. The third kappa shape index (κ3) is 6.23. The van der Waals surface area contributed by atoms with Crippen molar-refractivity contribution in [1.82, 2.24) is 0 Å². The molecule has 4 aromatic rings. The lowest BCUT2D eigenvalue weighted by Gasteiger charge is -2.11. The van der Waals surface area contributed by atoms with Crippen molar-refractivity contribution in [3.8, 4) is 11.5 Å². The van der Waals surface area contributed by atoms with Crippen LogP contribution in [-0.4, -0.2) is 25.5 Å². The van der Waals surface area contributed by atoms with Crippen molar-refractivity contribution >= 4 is 33.0 Å². The van der Waals surface area contributed by atoms with Crippen LogP contribution in [0.4, 0.5) is 0 Å². The van der Waals surface area contributed by atoms with E-state index in [4.69, 9.17) is 13.3 Å². The van der Waals surface area contributed by atoms with Gasteiger partial charge in [-0.1, -0.05) is 43.7 Å². The van der Waals surface area contributed by atoms with Crippen molar-refractivity contribution in [3.63, 3.8) is 0 Å². The lowest BCUT2D eigenvalue weighted by molar-refractivity contribution is -0.131. The van der Waals surface area contributed by atoms with Gasteiger partial charge in [0.15, 0.2) is 0 Å². The van der Waals surface area contributed by atoms with E-state index in [0.717, 1.165) is 79.5 Å². The second kappa shape index (κ2) is 11.5. The number of carbonyl (C=O) groups is 2. The minimum atomic E-state index is -4.31. The van der Waals surface area contributed by atoms with Crippen molar-refractivity contribution in [3.05, 3.63) is 89.2 Å². The fourth-order valence-electron chi connectivity index (χ4n) is 4.19. The fraction of sp³-hybridized carbons (Fsp3) is 0.241. The zero-order valence-electron chi connectivity index (χ0n) is 21.1. The molecule has 0 radical (unpaired) electrons. The molecular weight excluding hydrogens is 508 g/mol. The summed E-state index contributed by atoms with van der Waals surface area (Å²) in [7, 11) is -4.31. The number of carboxylic acids is 1. The number of ether oxygens (including phenoxy) is 1. The Morgan fingerprint density at radius 1 is 0.947 bits per heavy atom. The number of aryl methyl sites for hydroxylation is 3. The standard InChI is InChI=1S/C29H28O8S/c1-3-4-8-26-24(23-7-5-6-9-27(23)36-26)16-12-20-10-13-21(14-11-20)37-38(33,34)22-15-17-25(29(31)32)28(18-22)35-19(2)30/h5-7,9-11,13-15,17-18H,3-4,8,12,16H2,1-2H3,(H,31,32). The van der Waals surface area contributed by atoms with Crippen LogP contribution < -0.4 is 8.92 Å². The third-order valence-electron chi connectivity index (χ3n) is 6.06. The van der Waals surface area contributed by atoms with Crippen molar-refractivity contribution < 1.29 is 36.5 Å². The number of benzene rings is 3. The summed E-state index contributed by atoms with van der Waals surface area (Å²) in [5, 5.41) is 10.4. The Morgan fingerprint density at radius 2 is 1.68 bits per heavy atom. The van der Waals surface area contributed by atoms with Crippen LogP contribution in [0.2, 0.25) is 0 Å². The van der Waals surface area contributed by atoms with E-state index in [0.29, 0.717) is 0 Å². The molecule has 4 rings (SSSR count). The molecule has 0 atom stereocenters. The van der Waals surface area contributed by atoms with Gasteiger partial charge in [-0.2, -0.15) is 8.42 Å². The lowest BCUT2D eigenvalue weighted by Crippen LogP contribution is -2.12. The van der Waals surface area contributed by atoms with Gasteiger partial charge in [-0.05, 0) is 55.2 Å². The average Bonchev–Trinajstić information content (AvgIpc) is 3.23. The maximum absolute atomic E-state index is 12.8. The zero-order chi connectivity index (χ0) is 27.3. The molecule has 0 saturated carbocycles. The van der Waals surface area contributed by atoms with Crippen molar-refractivity contribution in [2.24, 2.45) is 0 Å². The maximum Gasteiger partial charge on any atom is 0.339 e. The third-order valence-corrected chi connectivity index (χ3v) is 7.30. The molecule has 0 aliphatic carbocycles. The topological polar surface area (TPSA) is 120 Å². The van der Waals surface area contributed by atoms with Gasteiger partial charge in [0.25, 0.3) is 0 Å². The Bertz CT molecular complexity index is 1570. The number of aromatic carboxylic acids is 1. The summed E-state index contributed by atoms with van der Waals surface area (Å²) in [6.07, 6.45) is 4.53. The van der Waals surface area contributed by atoms with Gasteiger partial charge in [-0.15, -0.1) is 0 Å². The van der Waals surface area contributed by atoms with Crippen LogP contribution >= 0.6 is 0 Å². The molecule has 1 N–H and O–H groups in total. The summed E-state index contributed by atoms with van der Waals surface area (Å²) in [4.78, 5) is 22.4. The predicted octanol–water partition coefficient (Wildman–Crippen LogP) is 5.95. The number of esters is 1. The van der Waals surface area contributed by atoms with Crippen LogP contribution in [0.1, 0.15) is 53.9 Å². The molecule has 0 aliphatic rings. The minimum absolute atomic E-state index is 0.0995. The van der Waals surface area contributed by atoms with E-state index in [-0.39, 0.29) is 22.0 Å². The molecule has 3 aromatic carbocycles. The van der Waals surface area contributed by atoms with Crippen LogP contribution in [0.15, 0.2) is 76.0 Å². The second-order valence-corrected chi connectivity index (χ2v) is 10.4. The van der Waals surface area contributed by atoms with Crippen LogP contribution in [-0.2, 0) is 34.2 Å². The number of unbranched alkanes of at least 4 members (excludes halogenated alkanes) is 1. The molecule has 198 valence electrons. The predicted molar refractivity (Wildman–Crippen MR) is 141 cm³/mol. The highest BCUT2D eigenvalue weighted by Crippen LogP contribution is 2.29. The highest BCUT2D eigenvalue weighted by atomic mass is 32.2. The first-order valence-electron chi connectivity index (χ1n) is 12.3. The van der Waals surface area contributed by atoms with E-state index < -0.39 is 22.1 Å². The SMILES string of the molecule is CCCCc1oc2ccccc2c1CCc1ccc(OS(=O)(=O)c2ccc(C(=O)O)c(OC(C)=O)c2)cc1. The molecule has 0 aliphatic heterocycles. The molecule has 0 spiro atoms. The van der Waals surface area contributed by atoms with E-state index in [2.05, 4.69) is 13.0 Å². The summed E-state index contributed by atoms with van der Waals surface area (Å²) in [6, 6.07) is 17.8. The summed E-state index contributed by atoms with van der Waals surface area (Å²) in [5.41, 5.74) is 2.75. The molecular formula is C29H28O8S. The molecule has 1 aromatic heterocycles. The van der Waals surface area contributed by atoms with Gasteiger partial charge in [0.1, 0.15) is 33.3 Å². The molecule has 8 nitrogen and oxygen atoms in total. The normalized spacial score (nSPS) is 11.4. The number of carboxylic acid groups (broad SMARTS) is 1. The smallest absolute Gasteiger partial charge is 0.339 e. The Hall–Kier alpha value is -4.11. The van der Waals surface area contributed by atoms with Gasteiger partial charge >= 0.3 is 22.1 Å². The highest BCUT2D eigenvalue weighted by molar-refractivity contribution is 7.87. The number of hydrogen-bond donors (Lipinski definition) is 1. The van der Waals surface area contributed by atoms with Crippen LogP contribution in [0, 0.1) is 0 Å². The minimum Gasteiger partial charge on any atom is -0.478 e.